The van der Waals surface area contributed by atoms with Crippen LogP contribution in [0.5, 0.6) is 5.75 Å². The van der Waals surface area contributed by atoms with Crippen LogP contribution in [0.1, 0.15) is 36.1 Å². The van der Waals surface area contributed by atoms with E-state index in [9.17, 15) is 0 Å². The summed E-state index contributed by atoms with van der Waals surface area (Å²) in [6.45, 7) is 8.63. The second kappa shape index (κ2) is 7.76. The first kappa shape index (κ1) is 16.2. The minimum Gasteiger partial charge on any atom is -0.496 e. The maximum absolute atomic E-state index is 5.50. The standard InChI is InChI=1S/C17H29N3O/c1-13-11-19-16(14(2)17(13)21-4)12-20-9-6-15(7-10-20)5-8-18-3/h11,15,18H,5-10,12H2,1-4H3. The molecule has 1 fully saturated rings. The molecule has 0 amide bonds. The lowest BCUT2D eigenvalue weighted by Crippen LogP contribution is -2.34. The molecule has 4 heteroatoms. The molecule has 0 bridgehead atoms. The Labute approximate surface area is 128 Å². The Balaban J connectivity index is 1.92. The third-order valence-corrected chi connectivity index (χ3v) is 4.63. The lowest BCUT2D eigenvalue weighted by molar-refractivity contribution is 0.170. The van der Waals surface area contributed by atoms with Gasteiger partial charge in [0.15, 0.2) is 0 Å². The van der Waals surface area contributed by atoms with Crippen molar-refractivity contribution in [1.82, 2.24) is 15.2 Å². The van der Waals surface area contributed by atoms with Crippen LogP contribution in [0.15, 0.2) is 6.20 Å². The molecule has 0 atom stereocenters. The molecule has 0 spiro atoms. The molecule has 0 unspecified atom stereocenters. The highest BCUT2D eigenvalue weighted by Gasteiger charge is 2.20. The number of hydrogen-bond donors (Lipinski definition) is 1. The number of nitrogens with zero attached hydrogens (tertiary/aromatic N) is 2. The Morgan fingerprint density at radius 3 is 2.67 bits per heavy atom. The number of ether oxygens (including phenoxy) is 1. The molecule has 4 nitrogen and oxygen atoms in total. The number of aryl methyl sites for hydroxylation is 1. The molecule has 0 radical (unpaired) electrons. The Morgan fingerprint density at radius 2 is 2.05 bits per heavy atom. The van der Waals surface area contributed by atoms with Gasteiger partial charge in [0.1, 0.15) is 5.75 Å². The van der Waals surface area contributed by atoms with Crippen molar-refractivity contribution < 1.29 is 4.74 Å². The zero-order chi connectivity index (χ0) is 15.2. The molecule has 0 aromatic carbocycles. The predicted molar refractivity (Wildman–Crippen MR) is 86.8 cm³/mol. The molecule has 1 aromatic rings. The normalized spacial score (nSPS) is 17.1. The summed E-state index contributed by atoms with van der Waals surface area (Å²) in [7, 11) is 3.78. The molecule has 118 valence electrons. The van der Waals surface area contributed by atoms with Crippen molar-refractivity contribution in [2.45, 2.75) is 39.7 Å². The summed E-state index contributed by atoms with van der Waals surface area (Å²) in [5.74, 6) is 1.87. The van der Waals surface area contributed by atoms with E-state index in [-0.39, 0.29) is 0 Å². The first-order chi connectivity index (χ1) is 10.2. The molecule has 1 aliphatic rings. The van der Waals surface area contributed by atoms with Crippen LogP contribution in [0, 0.1) is 19.8 Å². The molecule has 21 heavy (non-hydrogen) atoms. The highest BCUT2D eigenvalue weighted by Crippen LogP contribution is 2.26. The van der Waals surface area contributed by atoms with E-state index in [1.54, 1.807) is 7.11 Å². The number of pyridine rings is 1. The molecule has 1 aliphatic heterocycles. The summed E-state index contributed by atoms with van der Waals surface area (Å²) < 4.78 is 5.50. The van der Waals surface area contributed by atoms with Gasteiger partial charge in [-0.15, -0.1) is 0 Å². The second-order valence-electron chi connectivity index (χ2n) is 6.16. The van der Waals surface area contributed by atoms with Gasteiger partial charge in [0.25, 0.3) is 0 Å². The number of aromatic nitrogens is 1. The van der Waals surface area contributed by atoms with Crippen LogP contribution >= 0.6 is 0 Å². The van der Waals surface area contributed by atoms with Crippen molar-refractivity contribution in [3.05, 3.63) is 23.0 Å². The third-order valence-electron chi connectivity index (χ3n) is 4.63. The SMILES string of the molecule is CNCCC1CCN(Cc2ncc(C)c(OC)c2C)CC1. The lowest BCUT2D eigenvalue weighted by Gasteiger charge is -2.32. The van der Waals surface area contributed by atoms with Crippen LogP contribution in [-0.4, -0.2) is 43.7 Å². The fourth-order valence-corrected chi connectivity index (χ4v) is 3.22. The molecule has 1 N–H and O–H groups in total. The minimum atomic E-state index is 0.885. The molecule has 1 aromatic heterocycles. The fourth-order valence-electron chi connectivity index (χ4n) is 3.22. The Morgan fingerprint density at radius 1 is 1.33 bits per heavy atom. The number of methoxy groups -OCH3 is 1. The van der Waals surface area contributed by atoms with E-state index in [1.165, 1.54) is 37.9 Å². The van der Waals surface area contributed by atoms with Crippen molar-refractivity contribution in [2.24, 2.45) is 5.92 Å². The van der Waals surface area contributed by atoms with Gasteiger partial charge >= 0.3 is 0 Å². The third kappa shape index (κ3) is 4.17. The zero-order valence-electron chi connectivity index (χ0n) is 13.9. The molecule has 2 rings (SSSR count). The van der Waals surface area contributed by atoms with Crippen molar-refractivity contribution in [2.75, 3.05) is 33.8 Å². The zero-order valence-corrected chi connectivity index (χ0v) is 13.9. The maximum Gasteiger partial charge on any atom is 0.128 e. The van der Waals surface area contributed by atoms with Gasteiger partial charge in [0, 0.05) is 23.9 Å². The molecule has 1 saturated heterocycles. The first-order valence-corrected chi connectivity index (χ1v) is 8.01. The molecular weight excluding hydrogens is 262 g/mol. The topological polar surface area (TPSA) is 37.4 Å². The summed E-state index contributed by atoms with van der Waals surface area (Å²) in [4.78, 5) is 7.15. The molecule has 0 aliphatic carbocycles. The molecule has 2 heterocycles. The average Bonchev–Trinajstić information content (AvgIpc) is 2.50. The van der Waals surface area contributed by atoms with Gasteiger partial charge < -0.3 is 10.1 Å². The number of rotatable bonds is 6. The lowest BCUT2D eigenvalue weighted by atomic mass is 9.93. The van der Waals surface area contributed by atoms with Crippen LogP contribution < -0.4 is 10.1 Å². The first-order valence-electron chi connectivity index (χ1n) is 8.01. The number of piperidine rings is 1. The van der Waals surface area contributed by atoms with Gasteiger partial charge in [-0.05, 0) is 65.7 Å². The maximum atomic E-state index is 5.50. The summed E-state index contributed by atoms with van der Waals surface area (Å²) in [5, 5.41) is 3.25. The van der Waals surface area contributed by atoms with Crippen LogP contribution in [0.2, 0.25) is 0 Å². The van der Waals surface area contributed by atoms with Gasteiger partial charge in [-0.25, -0.2) is 0 Å². The highest BCUT2D eigenvalue weighted by atomic mass is 16.5. The van der Waals surface area contributed by atoms with Crippen LogP contribution in [-0.2, 0) is 6.54 Å². The Kier molecular flexibility index (Phi) is 6.00. The quantitative estimate of drug-likeness (QED) is 0.874. The summed E-state index contributed by atoms with van der Waals surface area (Å²) >= 11 is 0. The molecular formula is C17H29N3O. The summed E-state index contributed by atoms with van der Waals surface area (Å²) in [6, 6.07) is 0. The number of hydrogen-bond acceptors (Lipinski definition) is 4. The van der Waals surface area contributed by atoms with E-state index in [0.717, 1.165) is 36.0 Å². The van der Waals surface area contributed by atoms with Crippen LogP contribution in [0.25, 0.3) is 0 Å². The highest BCUT2D eigenvalue weighted by molar-refractivity contribution is 5.41. The Bertz CT molecular complexity index is 454. The van der Waals surface area contributed by atoms with Crippen molar-refractivity contribution in [3.63, 3.8) is 0 Å². The minimum absolute atomic E-state index is 0.885. The molecule has 0 saturated carbocycles. The van der Waals surface area contributed by atoms with Gasteiger partial charge in [-0.2, -0.15) is 0 Å². The largest absolute Gasteiger partial charge is 0.496 e. The van der Waals surface area contributed by atoms with E-state index in [2.05, 4.69) is 29.0 Å². The van der Waals surface area contributed by atoms with E-state index in [1.807, 2.05) is 13.2 Å². The van der Waals surface area contributed by atoms with E-state index < -0.39 is 0 Å². The van der Waals surface area contributed by atoms with Gasteiger partial charge in [-0.1, -0.05) is 0 Å². The monoisotopic (exact) mass is 291 g/mol. The van der Waals surface area contributed by atoms with E-state index >= 15 is 0 Å². The van der Waals surface area contributed by atoms with Crippen molar-refractivity contribution in [1.29, 1.82) is 0 Å². The van der Waals surface area contributed by atoms with Gasteiger partial charge in [0.2, 0.25) is 0 Å². The fraction of sp³-hybridized carbons (Fsp3) is 0.706. The predicted octanol–water partition coefficient (Wildman–Crippen LogP) is 2.53. The van der Waals surface area contributed by atoms with Gasteiger partial charge in [-0.3, -0.25) is 9.88 Å². The van der Waals surface area contributed by atoms with Crippen LogP contribution in [0.4, 0.5) is 0 Å². The summed E-state index contributed by atoms with van der Waals surface area (Å²) in [5.41, 5.74) is 3.46. The van der Waals surface area contributed by atoms with Gasteiger partial charge in [0.05, 0.1) is 12.8 Å². The Hall–Kier alpha value is -1.13. The smallest absolute Gasteiger partial charge is 0.128 e. The second-order valence-corrected chi connectivity index (χ2v) is 6.16. The number of nitrogens with one attached hydrogen (secondary N) is 1. The van der Waals surface area contributed by atoms with Crippen molar-refractivity contribution in [3.8, 4) is 5.75 Å². The number of likely N-dealkylation sites (tertiary alicyclic amines) is 1. The van der Waals surface area contributed by atoms with E-state index in [0.29, 0.717) is 0 Å². The van der Waals surface area contributed by atoms with E-state index in [4.69, 9.17) is 4.74 Å². The summed E-state index contributed by atoms with van der Waals surface area (Å²) in [6.07, 6.45) is 5.86. The van der Waals surface area contributed by atoms with Crippen LogP contribution in [0.3, 0.4) is 0 Å². The average molecular weight is 291 g/mol. The van der Waals surface area contributed by atoms with Crippen molar-refractivity contribution >= 4 is 0 Å².